The fourth-order valence-electron chi connectivity index (χ4n) is 1.47. The van der Waals surface area contributed by atoms with Crippen molar-refractivity contribution < 1.29 is 9.84 Å². The quantitative estimate of drug-likeness (QED) is 0.765. The van der Waals surface area contributed by atoms with Crippen molar-refractivity contribution in [3.8, 4) is 5.75 Å². The van der Waals surface area contributed by atoms with Crippen molar-refractivity contribution in [2.45, 2.75) is 33.3 Å². The third-order valence-corrected chi connectivity index (χ3v) is 2.37. The Labute approximate surface area is 103 Å². The number of aromatic nitrogens is 1. The van der Waals surface area contributed by atoms with Gasteiger partial charge in [0, 0.05) is 19.3 Å². The van der Waals surface area contributed by atoms with Crippen LogP contribution in [0.25, 0.3) is 0 Å². The van der Waals surface area contributed by atoms with Gasteiger partial charge in [-0.2, -0.15) is 0 Å². The number of hydrogen-bond donors (Lipinski definition) is 2. The minimum Gasteiger partial charge on any atom is -0.487 e. The highest BCUT2D eigenvalue weighted by atomic mass is 16.5. The van der Waals surface area contributed by atoms with Crippen molar-refractivity contribution in [2.24, 2.45) is 5.92 Å². The average molecular weight is 238 g/mol. The Kier molecular flexibility index (Phi) is 5.77. The molecule has 0 saturated heterocycles. The molecular weight excluding hydrogens is 216 g/mol. The number of nitrogens with zero attached hydrogens (tertiary/aromatic N) is 1. The molecule has 0 amide bonds. The van der Waals surface area contributed by atoms with Gasteiger partial charge in [0.15, 0.2) is 11.6 Å². The minimum absolute atomic E-state index is 0.134. The zero-order valence-electron chi connectivity index (χ0n) is 10.8. The number of ether oxygens (including phenoxy) is 1. The second kappa shape index (κ2) is 7.12. The molecule has 0 saturated carbocycles. The number of anilines is 1. The van der Waals surface area contributed by atoms with Gasteiger partial charge >= 0.3 is 0 Å². The summed E-state index contributed by atoms with van der Waals surface area (Å²) in [5, 5.41) is 12.1. The van der Waals surface area contributed by atoms with E-state index in [9.17, 15) is 0 Å². The molecule has 1 unspecified atom stereocenters. The number of nitrogens with one attached hydrogen (secondary N) is 1. The van der Waals surface area contributed by atoms with Crippen molar-refractivity contribution in [3.63, 3.8) is 0 Å². The first-order chi connectivity index (χ1) is 8.13. The predicted octanol–water partition coefficient (Wildman–Crippen LogP) is 2.30. The highest BCUT2D eigenvalue weighted by Crippen LogP contribution is 2.22. The summed E-state index contributed by atoms with van der Waals surface area (Å²) in [7, 11) is 0. The van der Waals surface area contributed by atoms with Crippen LogP contribution in [0.15, 0.2) is 18.3 Å². The Morgan fingerprint density at radius 2 is 2.18 bits per heavy atom. The lowest BCUT2D eigenvalue weighted by molar-refractivity contribution is 0.242. The summed E-state index contributed by atoms with van der Waals surface area (Å²) >= 11 is 0. The summed E-state index contributed by atoms with van der Waals surface area (Å²) in [5.74, 6) is 1.96. The molecule has 1 rings (SSSR count). The normalized spacial score (nSPS) is 12.5. The van der Waals surface area contributed by atoms with E-state index in [1.165, 1.54) is 0 Å². The molecule has 96 valence electrons. The number of pyridine rings is 1. The molecule has 4 nitrogen and oxygen atoms in total. The van der Waals surface area contributed by atoms with Gasteiger partial charge in [-0.15, -0.1) is 0 Å². The second-order valence-corrected chi connectivity index (χ2v) is 4.52. The first kappa shape index (κ1) is 13.8. The van der Waals surface area contributed by atoms with Gasteiger partial charge in [-0.25, -0.2) is 4.98 Å². The van der Waals surface area contributed by atoms with Crippen LogP contribution < -0.4 is 10.1 Å². The van der Waals surface area contributed by atoms with Gasteiger partial charge in [0.25, 0.3) is 0 Å². The second-order valence-electron chi connectivity index (χ2n) is 4.52. The summed E-state index contributed by atoms with van der Waals surface area (Å²) in [6, 6.07) is 3.77. The first-order valence-corrected chi connectivity index (χ1v) is 6.10. The zero-order valence-corrected chi connectivity index (χ0v) is 10.8. The number of hydrogen-bond acceptors (Lipinski definition) is 4. The van der Waals surface area contributed by atoms with Crippen molar-refractivity contribution in [3.05, 3.63) is 18.3 Å². The molecule has 2 N–H and O–H groups in total. The van der Waals surface area contributed by atoms with Gasteiger partial charge in [0.2, 0.25) is 0 Å². The van der Waals surface area contributed by atoms with Gasteiger partial charge in [0.1, 0.15) is 0 Å². The van der Waals surface area contributed by atoms with Crippen molar-refractivity contribution in [1.29, 1.82) is 0 Å². The van der Waals surface area contributed by atoms with E-state index in [1.54, 1.807) is 6.20 Å². The fourth-order valence-corrected chi connectivity index (χ4v) is 1.47. The smallest absolute Gasteiger partial charge is 0.168 e. The molecule has 0 fully saturated rings. The molecule has 4 heteroatoms. The van der Waals surface area contributed by atoms with Gasteiger partial charge in [0.05, 0.1) is 6.10 Å². The van der Waals surface area contributed by atoms with Gasteiger partial charge in [-0.05, 0) is 38.3 Å². The highest BCUT2D eigenvalue weighted by Gasteiger charge is 2.07. The van der Waals surface area contributed by atoms with Crippen LogP contribution in [0.5, 0.6) is 5.75 Å². The standard InChI is InChI=1S/C13H22N2O2/c1-10(2)17-12-5-4-7-14-13(12)15-9-11(3)6-8-16/h4-5,7,10-11,16H,6,8-9H2,1-3H3,(H,14,15). The number of rotatable bonds is 7. The first-order valence-electron chi connectivity index (χ1n) is 6.10. The summed E-state index contributed by atoms with van der Waals surface area (Å²) < 4.78 is 5.66. The van der Waals surface area contributed by atoms with Gasteiger partial charge in [-0.1, -0.05) is 6.92 Å². The summed E-state index contributed by atoms with van der Waals surface area (Å²) in [6.07, 6.45) is 2.67. The van der Waals surface area contributed by atoms with Gasteiger partial charge < -0.3 is 15.2 Å². The van der Waals surface area contributed by atoms with E-state index in [1.807, 2.05) is 26.0 Å². The summed E-state index contributed by atoms with van der Waals surface area (Å²) in [6.45, 7) is 7.08. The molecule has 1 heterocycles. The van der Waals surface area contributed by atoms with Crippen LogP contribution in [-0.2, 0) is 0 Å². The van der Waals surface area contributed by atoms with Crippen LogP contribution >= 0.6 is 0 Å². The minimum atomic E-state index is 0.134. The van der Waals surface area contributed by atoms with Gasteiger partial charge in [-0.3, -0.25) is 0 Å². The molecule has 1 aromatic rings. The van der Waals surface area contributed by atoms with Crippen LogP contribution in [0.2, 0.25) is 0 Å². The van der Waals surface area contributed by atoms with Crippen LogP contribution in [-0.4, -0.2) is 29.3 Å². The molecule has 0 aliphatic carbocycles. The van der Waals surface area contributed by atoms with Crippen LogP contribution in [0.3, 0.4) is 0 Å². The third kappa shape index (κ3) is 5.04. The maximum Gasteiger partial charge on any atom is 0.168 e. The van der Waals surface area contributed by atoms with E-state index < -0.39 is 0 Å². The monoisotopic (exact) mass is 238 g/mol. The lowest BCUT2D eigenvalue weighted by Gasteiger charge is -2.16. The van der Waals surface area contributed by atoms with Crippen molar-refractivity contribution in [2.75, 3.05) is 18.5 Å². The fraction of sp³-hybridized carbons (Fsp3) is 0.615. The summed E-state index contributed by atoms with van der Waals surface area (Å²) in [4.78, 5) is 4.27. The van der Waals surface area contributed by atoms with E-state index >= 15 is 0 Å². The molecule has 1 aromatic heterocycles. The van der Waals surface area contributed by atoms with Crippen LogP contribution in [0.4, 0.5) is 5.82 Å². The Balaban J connectivity index is 2.57. The van der Waals surface area contributed by atoms with Crippen molar-refractivity contribution in [1.82, 2.24) is 4.98 Å². The largest absolute Gasteiger partial charge is 0.487 e. The topological polar surface area (TPSA) is 54.4 Å². The van der Waals surface area contributed by atoms with E-state index in [4.69, 9.17) is 9.84 Å². The Hall–Kier alpha value is -1.29. The molecule has 0 spiro atoms. The molecule has 0 bridgehead atoms. The molecule has 1 atom stereocenters. The lowest BCUT2D eigenvalue weighted by Crippen LogP contribution is -2.15. The molecule has 0 aromatic carbocycles. The Bertz CT molecular complexity index is 329. The van der Waals surface area contributed by atoms with Crippen LogP contribution in [0, 0.1) is 5.92 Å². The molecule has 0 aliphatic rings. The SMILES string of the molecule is CC(CCO)CNc1ncccc1OC(C)C. The molecule has 17 heavy (non-hydrogen) atoms. The van der Waals surface area contributed by atoms with E-state index in [0.717, 1.165) is 24.5 Å². The Morgan fingerprint density at radius 3 is 2.82 bits per heavy atom. The lowest BCUT2D eigenvalue weighted by atomic mass is 10.1. The third-order valence-electron chi connectivity index (χ3n) is 2.37. The molecular formula is C13H22N2O2. The van der Waals surface area contributed by atoms with E-state index in [0.29, 0.717) is 5.92 Å². The average Bonchev–Trinajstić information content (AvgIpc) is 2.27. The molecule has 0 radical (unpaired) electrons. The number of aliphatic hydroxyl groups excluding tert-OH is 1. The van der Waals surface area contributed by atoms with E-state index in [2.05, 4.69) is 17.2 Å². The Morgan fingerprint density at radius 1 is 1.41 bits per heavy atom. The maximum atomic E-state index is 8.84. The highest BCUT2D eigenvalue weighted by molar-refractivity contribution is 5.49. The van der Waals surface area contributed by atoms with Crippen molar-refractivity contribution >= 4 is 5.82 Å². The summed E-state index contributed by atoms with van der Waals surface area (Å²) in [5.41, 5.74) is 0. The predicted molar refractivity (Wildman–Crippen MR) is 69.4 cm³/mol. The van der Waals surface area contributed by atoms with Crippen LogP contribution in [0.1, 0.15) is 27.2 Å². The zero-order chi connectivity index (χ0) is 12.7. The van der Waals surface area contributed by atoms with E-state index in [-0.39, 0.29) is 12.7 Å². The number of aliphatic hydroxyl groups is 1. The maximum absolute atomic E-state index is 8.84. The molecule has 0 aliphatic heterocycles.